The monoisotopic (exact) mass is 534 g/mol. The second kappa shape index (κ2) is 8.56. The number of esters is 1. The second-order valence-electron chi connectivity index (χ2n) is 7.77. The molecule has 1 atom stereocenters. The van der Waals surface area contributed by atoms with E-state index in [4.69, 9.17) is 31.2 Å². The Morgan fingerprint density at radius 1 is 1.18 bits per heavy atom. The molecular formula is C26H16BrClN2O4. The number of ether oxygens (including phenoxy) is 2. The zero-order valence-corrected chi connectivity index (χ0v) is 20.1. The highest BCUT2D eigenvalue weighted by Crippen LogP contribution is 2.44. The van der Waals surface area contributed by atoms with Gasteiger partial charge in [-0.1, -0.05) is 45.7 Å². The minimum atomic E-state index is -0.631. The molecule has 0 bridgehead atoms. The number of benzene rings is 3. The molecule has 0 aliphatic carbocycles. The molecule has 0 amide bonds. The summed E-state index contributed by atoms with van der Waals surface area (Å²) in [5.41, 5.74) is 9.12. The quantitative estimate of drug-likeness (QED) is 0.235. The van der Waals surface area contributed by atoms with Gasteiger partial charge >= 0.3 is 5.97 Å². The van der Waals surface area contributed by atoms with Crippen LogP contribution in [0.25, 0.3) is 11.0 Å². The molecule has 5 rings (SSSR count). The fourth-order valence-corrected chi connectivity index (χ4v) is 4.61. The molecule has 3 aromatic carbocycles. The fourth-order valence-electron chi connectivity index (χ4n) is 4.08. The van der Waals surface area contributed by atoms with Gasteiger partial charge in [-0.3, -0.25) is 0 Å². The van der Waals surface area contributed by atoms with E-state index in [0.717, 1.165) is 15.4 Å². The van der Waals surface area contributed by atoms with Crippen LogP contribution < -0.4 is 15.2 Å². The van der Waals surface area contributed by atoms with Crippen LogP contribution in [0.15, 0.2) is 81.0 Å². The summed E-state index contributed by atoms with van der Waals surface area (Å²) in [5, 5.41) is 11.1. The molecule has 0 fully saturated rings. The number of rotatable bonds is 3. The number of nitriles is 1. The molecule has 2 N–H and O–H groups in total. The number of fused-ring (bicyclic) bond motifs is 2. The zero-order chi connectivity index (χ0) is 24.0. The van der Waals surface area contributed by atoms with E-state index in [9.17, 15) is 10.1 Å². The van der Waals surface area contributed by atoms with E-state index in [1.807, 2.05) is 24.3 Å². The van der Waals surface area contributed by atoms with Crippen LogP contribution in [0.1, 0.15) is 33.2 Å². The normalized spacial score (nSPS) is 14.9. The largest absolute Gasteiger partial charge is 0.449 e. The van der Waals surface area contributed by atoms with Crippen LogP contribution in [-0.4, -0.2) is 5.97 Å². The van der Waals surface area contributed by atoms with Gasteiger partial charge in [0.1, 0.15) is 28.7 Å². The highest BCUT2D eigenvalue weighted by atomic mass is 79.9. The van der Waals surface area contributed by atoms with Crippen LogP contribution in [0.4, 0.5) is 0 Å². The first-order valence-electron chi connectivity index (χ1n) is 10.2. The lowest BCUT2D eigenvalue weighted by molar-refractivity contribution is 0.0702. The summed E-state index contributed by atoms with van der Waals surface area (Å²) in [6.45, 7) is 1.80. The summed E-state index contributed by atoms with van der Waals surface area (Å²) in [6.07, 6.45) is 0. The first kappa shape index (κ1) is 22.1. The predicted octanol–water partition coefficient (Wildman–Crippen LogP) is 6.59. The van der Waals surface area contributed by atoms with Crippen molar-refractivity contribution in [3.05, 3.63) is 104 Å². The van der Waals surface area contributed by atoms with Gasteiger partial charge in [-0.2, -0.15) is 5.26 Å². The molecule has 1 aliphatic heterocycles. The Balaban J connectivity index is 1.49. The van der Waals surface area contributed by atoms with Crippen molar-refractivity contribution in [2.75, 3.05) is 0 Å². The molecule has 0 radical (unpaired) electrons. The minimum Gasteiger partial charge on any atom is -0.449 e. The first-order chi connectivity index (χ1) is 16.4. The number of carbonyl (C=O) groups excluding carboxylic acids is 1. The van der Waals surface area contributed by atoms with Crippen LogP contribution in [0.2, 0.25) is 5.02 Å². The van der Waals surface area contributed by atoms with Crippen LogP contribution in [0.5, 0.6) is 11.5 Å². The summed E-state index contributed by atoms with van der Waals surface area (Å²) < 4.78 is 17.9. The maximum Gasteiger partial charge on any atom is 0.379 e. The van der Waals surface area contributed by atoms with Crippen molar-refractivity contribution >= 4 is 44.5 Å². The number of furan rings is 1. The Morgan fingerprint density at radius 3 is 2.76 bits per heavy atom. The molecule has 34 heavy (non-hydrogen) atoms. The van der Waals surface area contributed by atoms with Gasteiger partial charge in [0.15, 0.2) is 0 Å². The lowest BCUT2D eigenvalue weighted by Gasteiger charge is -2.26. The number of hydrogen-bond donors (Lipinski definition) is 1. The van der Waals surface area contributed by atoms with Gasteiger partial charge in [0.2, 0.25) is 11.6 Å². The van der Waals surface area contributed by atoms with Crippen molar-refractivity contribution in [3.8, 4) is 17.6 Å². The number of carbonyl (C=O) groups is 1. The number of nitrogens with zero attached hydrogens (tertiary/aromatic N) is 1. The standard InChI is InChI=1S/C26H16BrClN2O4/c1-13-18-7-5-15(27)10-21(18)33-24(13)26(31)32-17-6-8-19-22(11-17)34-25(30)20(12-29)23(19)14-3-2-4-16(28)9-14/h2-11,23H,30H2,1H3. The van der Waals surface area contributed by atoms with Crippen molar-refractivity contribution < 1.29 is 18.7 Å². The molecule has 2 heterocycles. The summed E-state index contributed by atoms with van der Waals surface area (Å²) in [6, 6.07) is 19.9. The Kier molecular flexibility index (Phi) is 5.56. The lowest BCUT2D eigenvalue weighted by Crippen LogP contribution is -2.21. The van der Waals surface area contributed by atoms with Crippen molar-refractivity contribution in [1.82, 2.24) is 0 Å². The van der Waals surface area contributed by atoms with Gasteiger partial charge in [0, 0.05) is 32.1 Å². The van der Waals surface area contributed by atoms with E-state index in [1.54, 1.807) is 43.3 Å². The van der Waals surface area contributed by atoms with Crippen LogP contribution in [0, 0.1) is 18.3 Å². The summed E-state index contributed by atoms with van der Waals surface area (Å²) in [5.74, 6) is -0.349. The van der Waals surface area contributed by atoms with Crippen molar-refractivity contribution in [2.24, 2.45) is 5.73 Å². The van der Waals surface area contributed by atoms with Gasteiger partial charge in [0.25, 0.3) is 0 Å². The number of allylic oxidation sites excluding steroid dienone is 1. The van der Waals surface area contributed by atoms with Crippen LogP contribution >= 0.6 is 27.5 Å². The smallest absolute Gasteiger partial charge is 0.379 e. The average Bonchev–Trinajstić information content (AvgIpc) is 3.13. The zero-order valence-electron chi connectivity index (χ0n) is 17.8. The topological polar surface area (TPSA) is 98.5 Å². The van der Waals surface area contributed by atoms with E-state index < -0.39 is 11.9 Å². The molecule has 1 aromatic heterocycles. The van der Waals surface area contributed by atoms with Gasteiger partial charge in [-0.05, 0) is 48.9 Å². The highest BCUT2D eigenvalue weighted by Gasteiger charge is 2.31. The third kappa shape index (κ3) is 3.81. The number of hydrogen-bond acceptors (Lipinski definition) is 6. The number of aryl methyl sites for hydroxylation is 1. The molecule has 8 heteroatoms. The third-order valence-electron chi connectivity index (χ3n) is 5.67. The van der Waals surface area contributed by atoms with E-state index in [1.165, 1.54) is 0 Å². The third-order valence-corrected chi connectivity index (χ3v) is 6.40. The van der Waals surface area contributed by atoms with Gasteiger partial charge < -0.3 is 19.6 Å². The van der Waals surface area contributed by atoms with Crippen molar-refractivity contribution in [2.45, 2.75) is 12.8 Å². The molecule has 0 spiro atoms. The molecule has 1 unspecified atom stereocenters. The number of halogens is 2. The predicted molar refractivity (Wildman–Crippen MR) is 131 cm³/mol. The number of nitrogens with two attached hydrogens (primary N) is 1. The van der Waals surface area contributed by atoms with E-state index in [-0.39, 0.29) is 23.0 Å². The molecule has 4 aromatic rings. The molecular weight excluding hydrogens is 520 g/mol. The Morgan fingerprint density at radius 2 is 2.00 bits per heavy atom. The SMILES string of the molecule is Cc1c(C(=O)Oc2ccc3c(c2)OC(N)=C(C#N)C3c2cccc(Cl)c2)oc2cc(Br)ccc12. The summed E-state index contributed by atoms with van der Waals surface area (Å²) in [7, 11) is 0. The second-order valence-corrected chi connectivity index (χ2v) is 9.12. The van der Waals surface area contributed by atoms with Crippen LogP contribution in [0.3, 0.4) is 0 Å². The van der Waals surface area contributed by atoms with E-state index >= 15 is 0 Å². The van der Waals surface area contributed by atoms with E-state index in [2.05, 4.69) is 22.0 Å². The maximum absolute atomic E-state index is 12.9. The van der Waals surface area contributed by atoms with Crippen molar-refractivity contribution in [3.63, 3.8) is 0 Å². The van der Waals surface area contributed by atoms with Crippen LogP contribution in [-0.2, 0) is 0 Å². The van der Waals surface area contributed by atoms with Gasteiger partial charge in [-0.25, -0.2) is 4.79 Å². The Bertz CT molecular complexity index is 1550. The molecule has 168 valence electrons. The molecule has 0 saturated heterocycles. The summed E-state index contributed by atoms with van der Waals surface area (Å²) in [4.78, 5) is 12.9. The average molecular weight is 536 g/mol. The molecule has 0 saturated carbocycles. The van der Waals surface area contributed by atoms with E-state index in [0.29, 0.717) is 27.5 Å². The fraction of sp³-hybridized carbons (Fsp3) is 0.0769. The van der Waals surface area contributed by atoms with Gasteiger partial charge in [-0.15, -0.1) is 0 Å². The summed E-state index contributed by atoms with van der Waals surface area (Å²) >= 11 is 9.58. The maximum atomic E-state index is 12.9. The Labute approximate surface area is 208 Å². The first-order valence-corrected chi connectivity index (χ1v) is 11.4. The van der Waals surface area contributed by atoms with Crippen molar-refractivity contribution in [1.29, 1.82) is 5.26 Å². The lowest BCUT2D eigenvalue weighted by atomic mass is 9.83. The van der Waals surface area contributed by atoms with Gasteiger partial charge in [0.05, 0.1) is 5.92 Å². The Hall–Kier alpha value is -3.73. The minimum absolute atomic E-state index is 0.0119. The highest BCUT2D eigenvalue weighted by molar-refractivity contribution is 9.10. The molecule has 6 nitrogen and oxygen atoms in total. The molecule has 1 aliphatic rings.